The second-order valence-electron chi connectivity index (χ2n) is 10.5. The van der Waals surface area contributed by atoms with Gasteiger partial charge < -0.3 is 25.5 Å². The van der Waals surface area contributed by atoms with Gasteiger partial charge in [-0.3, -0.25) is 14.5 Å². The predicted octanol–water partition coefficient (Wildman–Crippen LogP) is 3.45. The first-order valence-electron chi connectivity index (χ1n) is 13.5. The van der Waals surface area contributed by atoms with Crippen LogP contribution in [0.15, 0.2) is 66.7 Å². The third kappa shape index (κ3) is 4.97. The molecule has 40 heavy (non-hydrogen) atoms. The van der Waals surface area contributed by atoms with E-state index in [1.165, 1.54) is 12.1 Å². The zero-order chi connectivity index (χ0) is 27.8. The minimum atomic E-state index is -1.05. The average molecular weight is 538 g/mol. The SMILES string of the molecule is CN1CCN(CC(=O)N2CCc3cc(N/C(=C4\C(=O)Nc5cc(C(=O)O)ccc54)c4ccccc4)ccc32)CC1. The first-order chi connectivity index (χ1) is 19.4. The molecule has 0 saturated carbocycles. The number of nitrogens with zero attached hydrogens (tertiary/aromatic N) is 3. The van der Waals surface area contributed by atoms with E-state index in [2.05, 4.69) is 27.5 Å². The smallest absolute Gasteiger partial charge is 0.335 e. The number of piperazine rings is 1. The molecule has 3 N–H and O–H groups in total. The molecule has 9 nitrogen and oxygen atoms in total. The molecule has 0 spiro atoms. The quantitative estimate of drug-likeness (QED) is 0.414. The van der Waals surface area contributed by atoms with Gasteiger partial charge in [-0.15, -0.1) is 0 Å². The number of fused-ring (bicyclic) bond motifs is 2. The van der Waals surface area contributed by atoms with Crippen LogP contribution in [-0.4, -0.2) is 79.0 Å². The summed E-state index contributed by atoms with van der Waals surface area (Å²) in [4.78, 5) is 44.2. The van der Waals surface area contributed by atoms with Crippen molar-refractivity contribution < 1.29 is 19.5 Å². The molecule has 0 bridgehead atoms. The topological polar surface area (TPSA) is 105 Å². The Labute approximate surface area is 232 Å². The summed E-state index contributed by atoms with van der Waals surface area (Å²) < 4.78 is 0. The summed E-state index contributed by atoms with van der Waals surface area (Å²) in [5.41, 5.74) is 5.94. The number of aromatic carboxylic acids is 1. The molecule has 0 aromatic heterocycles. The van der Waals surface area contributed by atoms with Gasteiger partial charge in [-0.1, -0.05) is 36.4 Å². The largest absolute Gasteiger partial charge is 0.478 e. The molecule has 2 amide bonds. The molecule has 1 saturated heterocycles. The van der Waals surface area contributed by atoms with Gasteiger partial charge in [0.1, 0.15) is 0 Å². The van der Waals surface area contributed by atoms with Crippen molar-refractivity contribution in [1.82, 2.24) is 9.80 Å². The average Bonchev–Trinajstić information content (AvgIpc) is 3.53. The predicted molar refractivity (Wildman–Crippen MR) is 155 cm³/mol. The molecule has 0 unspecified atom stereocenters. The minimum absolute atomic E-state index is 0.111. The molecule has 204 valence electrons. The van der Waals surface area contributed by atoms with E-state index in [9.17, 15) is 19.5 Å². The first-order valence-corrected chi connectivity index (χ1v) is 13.5. The van der Waals surface area contributed by atoms with E-state index in [0.717, 1.165) is 55.1 Å². The number of amides is 2. The number of carboxylic acids is 1. The van der Waals surface area contributed by atoms with Crippen LogP contribution in [0.4, 0.5) is 17.1 Å². The maximum atomic E-state index is 13.2. The number of anilines is 3. The summed E-state index contributed by atoms with van der Waals surface area (Å²) in [6.45, 7) is 4.83. The second-order valence-corrected chi connectivity index (χ2v) is 10.5. The third-order valence-electron chi connectivity index (χ3n) is 7.82. The van der Waals surface area contributed by atoms with Crippen molar-refractivity contribution in [2.24, 2.45) is 0 Å². The number of likely N-dealkylation sites (N-methyl/N-ethyl adjacent to an activating group) is 1. The number of rotatable bonds is 6. The maximum Gasteiger partial charge on any atom is 0.335 e. The summed E-state index contributed by atoms with van der Waals surface area (Å²) in [6, 6.07) is 20.2. The van der Waals surface area contributed by atoms with Crippen molar-refractivity contribution in [1.29, 1.82) is 0 Å². The Balaban J connectivity index is 1.29. The summed E-state index contributed by atoms with van der Waals surface area (Å²) in [7, 11) is 2.10. The Morgan fingerprint density at radius 2 is 1.70 bits per heavy atom. The minimum Gasteiger partial charge on any atom is -0.478 e. The van der Waals surface area contributed by atoms with Crippen molar-refractivity contribution in [3.8, 4) is 0 Å². The van der Waals surface area contributed by atoms with E-state index < -0.39 is 5.97 Å². The number of hydrogen-bond donors (Lipinski definition) is 3. The number of carboxylic acid groups (broad SMARTS) is 1. The van der Waals surface area contributed by atoms with Crippen LogP contribution in [0.25, 0.3) is 11.3 Å². The molecule has 0 atom stereocenters. The van der Waals surface area contributed by atoms with Gasteiger partial charge in [0.15, 0.2) is 0 Å². The summed E-state index contributed by atoms with van der Waals surface area (Å²) in [5, 5.41) is 15.7. The van der Waals surface area contributed by atoms with E-state index in [1.54, 1.807) is 6.07 Å². The lowest BCUT2D eigenvalue weighted by atomic mass is 9.99. The van der Waals surface area contributed by atoms with Gasteiger partial charge in [0.2, 0.25) is 5.91 Å². The summed E-state index contributed by atoms with van der Waals surface area (Å²) >= 11 is 0. The molecular formula is C31H31N5O4. The monoisotopic (exact) mass is 537 g/mol. The number of hydrogen-bond acceptors (Lipinski definition) is 6. The third-order valence-corrected chi connectivity index (χ3v) is 7.82. The molecule has 3 aliphatic rings. The molecule has 1 fully saturated rings. The Hall–Kier alpha value is -4.47. The number of benzene rings is 3. The van der Waals surface area contributed by atoms with Crippen LogP contribution in [0.2, 0.25) is 0 Å². The first kappa shape index (κ1) is 25.8. The fourth-order valence-corrected chi connectivity index (χ4v) is 5.60. The van der Waals surface area contributed by atoms with E-state index in [0.29, 0.717) is 35.6 Å². The summed E-state index contributed by atoms with van der Waals surface area (Å²) in [6.07, 6.45) is 0.762. The van der Waals surface area contributed by atoms with Crippen LogP contribution in [0.3, 0.4) is 0 Å². The lowest BCUT2D eigenvalue weighted by Gasteiger charge is -2.32. The van der Waals surface area contributed by atoms with Crippen molar-refractivity contribution >= 4 is 46.1 Å². The van der Waals surface area contributed by atoms with E-state index >= 15 is 0 Å². The van der Waals surface area contributed by atoms with Gasteiger partial charge in [0.05, 0.1) is 29.1 Å². The van der Waals surface area contributed by atoms with Gasteiger partial charge in [-0.25, -0.2) is 4.79 Å². The van der Waals surface area contributed by atoms with Crippen molar-refractivity contribution in [3.63, 3.8) is 0 Å². The Bertz CT molecular complexity index is 1530. The van der Waals surface area contributed by atoms with Gasteiger partial charge in [0.25, 0.3) is 5.91 Å². The van der Waals surface area contributed by atoms with Crippen molar-refractivity contribution in [2.45, 2.75) is 6.42 Å². The molecule has 0 aliphatic carbocycles. The molecule has 6 rings (SSSR count). The maximum absolute atomic E-state index is 13.2. The Morgan fingerprint density at radius 1 is 0.925 bits per heavy atom. The zero-order valence-corrected chi connectivity index (χ0v) is 22.3. The highest BCUT2D eigenvalue weighted by molar-refractivity contribution is 6.37. The molecule has 3 aliphatic heterocycles. The fourth-order valence-electron chi connectivity index (χ4n) is 5.60. The van der Waals surface area contributed by atoms with Crippen molar-refractivity contribution in [3.05, 3.63) is 89.0 Å². The zero-order valence-electron chi connectivity index (χ0n) is 22.3. The summed E-state index contributed by atoms with van der Waals surface area (Å²) in [5.74, 6) is -1.23. The number of nitrogens with one attached hydrogen (secondary N) is 2. The van der Waals surface area contributed by atoms with Gasteiger partial charge >= 0.3 is 5.97 Å². The molecule has 3 heterocycles. The van der Waals surface area contributed by atoms with Crippen LogP contribution in [-0.2, 0) is 16.0 Å². The highest BCUT2D eigenvalue weighted by Gasteiger charge is 2.30. The lowest BCUT2D eigenvalue weighted by Crippen LogP contribution is -2.48. The van der Waals surface area contributed by atoms with Gasteiger partial charge in [-0.05, 0) is 54.9 Å². The molecule has 9 heteroatoms. The van der Waals surface area contributed by atoms with Crippen LogP contribution in [0.1, 0.15) is 27.0 Å². The van der Waals surface area contributed by atoms with E-state index in [4.69, 9.17) is 0 Å². The van der Waals surface area contributed by atoms with E-state index in [-0.39, 0.29) is 17.4 Å². The van der Waals surface area contributed by atoms with Gasteiger partial charge in [-0.2, -0.15) is 0 Å². The normalized spacial score (nSPS) is 18.2. The number of carbonyl (C=O) groups excluding carboxylic acids is 2. The Morgan fingerprint density at radius 3 is 2.45 bits per heavy atom. The molecular weight excluding hydrogens is 506 g/mol. The Kier molecular flexibility index (Phi) is 6.83. The molecule has 3 aromatic carbocycles. The fraction of sp³-hybridized carbons (Fsp3) is 0.258. The van der Waals surface area contributed by atoms with Gasteiger partial charge in [0, 0.05) is 49.7 Å². The highest BCUT2D eigenvalue weighted by Crippen LogP contribution is 2.39. The van der Waals surface area contributed by atoms with Crippen molar-refractivity contribution in [2.75, 3.05) is 61.8 Å². The highest BCUT2D eigenvalue weighted by atomic mass is 16.4. The van der Waals surface area contributed by atoms with Crippen LogP contribution in [0, 0.1) is 0 Å². The van der Waals surface area contributed by atoms with E-state index in [1.807, 2.05) is 53.4 Å². The second kappa shape index (κ2) is 10.6. The van der Waals surface area contributed by atoms with Crippen LogP contribution < -0.4 is 15.5 Å². The standard InChI is InChI=1S/C31H31N5O4/c1-34-13-15-35(16-14-34)19-27(37)36-12-11-21-17-23(8-10-26(21)36)32-29(20-5-3-2-4-6-20)28-24-9-7-22(31(39)40)18-25(24)33-30(28)38/h2-10,17-18,32H,11-16,19H2,1H3,(H,33,38)(H,39,40)/b29-28-. The molecule has 0 radical (unpaired) electrons. The van der Waals surface area contributed by atoms with Crippen LogP contribution >= 0.6 is 0 Å². The number of carbonyl (C=O) groups is 3. The van der Waals surface area contributed by atoms with Crippen LogP contribution in [0.5, 0.6) is 0 Å². The molecule has 3 aromatic rings. The lowest BCUT2D eigenvalue weighted by molar-refractivity contribution is -0.120.